The maximum atomic E-state index is 10.3. The summed E-state index contributed by atoms with van der Waals surface area (Å²) in [6, 6.07) is 0. The summed E-state index contributed by atoms with van der Waals surface area (Å²) >= 11 is 8.08. The van der Waals surface area contributed by atoms with Gasteiger partial charge in [-0.1, -0.05) is 18.0 Å². The molecule has 2 unspecified atom stereocenters. The second kappa shape index (κ2) is 5.63. The molecule has 2 rings (SSSR count). The van der Waals surface area contributed by atoms with Crippen molar-refractivity contribution >= 4 is 23.4 Å². The Morgan fingerprint density at radius 3 is 2.88 bits per heavy atom. The van der Waals surface area contributed by atoms with E-state index in [4.69, 9.17) is 11.6 Å². The van der Waals surface area contributed by atoms with E-state index in [1.807, 2.05) is 25.7 Å². The molecule has 1 aromatic heterocycles. The van der Waals surface area contributed by atoms with E-state index in [2.05, 4.69) is 5.10 Å². The van der Waals surface area contributed by atoms with Crippen LogP contribution in [-0.4, -0.2) is 32.0 Å². The fraction of sp³-hybridized carbons (Fsp3) is 0.750. The van der Waals surface area contributed by atoms with Crippen LogP contribution in [0, 0.1) is 6.92 Å². The molecule has 1 aromatic rings. The van der Waals surface area contributed by atoms with Gasteiger partial charge in [0, 0.05) is 18.7 Å². The fourth-order valence-corrected chi connectivity index (χ4v) is 3.86. The number of halogens is 1. The number of aromatic nitrogens is 2. The zero-order chi connectivity index (χ0) is 12.4. The van der Waals surface area contributed by atoms with Gasteiger partial charge in [0.2, 0.25) is 0 Å². The minimum absolute atomic E-state index is 0.312. The Morgan fingerprint density at radius 1 is 1.59 bits per heavy atom. The van der Waals surface area contributed by atoms with Crippen molar-refractivity contribution < 1.29 is 5.11 Å². The molecule has 1 fully saturated rings. The molecule has 0 aliphatic carbocycles. The van der Waals surface area contributed by atoms with E-state index < -0.39 is 0 Å². The molecule has 3 nitrogen and oxygen atoms in total. The molecule has 17 heavy (non-hydrogen) atoms. The highest BCUT2D eigenvalue weighted by atomic mass is 35.5. The van der Waals surface area contributed by atoms with Crippen molar-refractivity contribution in [1.29, 1.82) is 0 Å². The maximum absolute atomic E-state index is 10.3. The van der Waals surface area contributed by atoms with E-state index >= 15 is 0 Å². The molecule has 1 aliphatic heterocycles. The Labute approximate surface area is 112 Å². The van der Waals surface area contributed by atoms with Crippen molar-refractivity contribution in [3.8, 4) is 0 Å². The molecule has 5 heteroatoms. The van der Waals surface area contributed by atoms with E-state index in [9.17, 15) is 5.11 Å². The third kappa shape index (κ3) is 2.98. The minimum atomic E-state index is -0.312. The average molecular weight is 275 g/mol. The number of aliphatic hydroxyl groups excluding tert-OH is 1. The number of thioether (sulfide) groups is 1. The average Bonchev–Trinajstić information content (AvgIpc) is 2.57. The first kappa shape index (κ1) is 13.2. The van der Waals surface area contributed by atoms with Crippen molar-refractivity contribution in [3.05, 3.63) is 16.4 Å². The molecule has 2 heterocycles. The second-order valence-corrected chi connectivity index (χ2v) is 6.37. The largest absolute Gasteiger partial charge is 0.392 e. The molecule has 1 N–H and O–H groups in total. The molecule has 0 bridgehead atoms. The van der Waals surface area contributed by atoms with Crippen LogP contribution in [-0.2, 0) is 13.5 Å². The van der Waals surface area contributed by atoms with Crippen LogP contribution in [0.15, 0.2) is 0 Å². The Kier molecular flexibility index (Phi) is 4.39. The number of hydrogen-bond acceptors (Lipinski definition) is 3. The SMILES string of the molecule is Cc1nn(C)c(CC(O)C2CCCCS2)c1Cl. The highest BCUT2D eigenvalue weighted by Crippen LogP contribution is 2.30. The third-order valence-corrected chi connectivity index (χ3v) is 5.30. The first-order chi connectivity index (χ1) is 8.09. The lowest BCUT2D eigenvalue weighted by molar-refractivity contribution is 0.164. The van der Waals surface area contributed by atoms with Gasteiger partial charge in [-0.2, -0.15) is 16.9 Å². The summed E-state index contributed by atoms with van der Waals surface area (Å²) in [5.74, 6) is 1.17. The highest BCUT2D eigenvalue weighted by molar-refractivity contribution is 8.00. The van der Waals surface area contributed by atoms with E-state index in [0.29, 0.717) is 16.7 Å². The predicted octanol–water partition coefficient (Wildman–Crippen LogP) is 2.57. The van der Waals surface area contributed by atoms with Gasteiger partial charge in [-0.05, 0) is 25.5 Å². The smallest absolute Gasteiger partial charge is 0.0847 e. The van der Waals surface area contributed by atoms with Gasteiger partial charge in [-0.15, -0.1) is 0 Å². The van der Waals surface area contributed by atoms with Gasteiger partial charge in [0.15, 0.2) is 0 Å². The molecule has 0 radical (unpaired) electrons. The van der Waals surface area contributed by atoms with Gasteiger partial charge in [0.25, 0.3) is 0 Å². The van der Waals surface area contributed by atoms with E-state index in [1.165, 1.54) is 18.6 Å². The molecular formula is C12H19ClN2OS. The van der Waals surface area contributed by atoms with Gasteiger partial charge >= 0.3 is 0 Å². The fourth-order valence-electron chi connectivity index (χ4n) is 2.30. The van der Waals surface area contributed by atoms with Crippen LogP contribution in [0.25, 0.3) is 0 Å². The molecule has 0 spiro atoms. The molecular weight excluding hydrogens is 256 g/mol. The summed E-state index contributed by atoms with van der Waals surface area (Å²) in [5.41, 5.74) is 1.79. The summed E-state index contributed by atoms with van der Waals surface area (Å²) in [6.07, 6.45) is 3.91. The maximum Gasteiger partial charge on any atom is 0.0847 e. The monoisotopic (exact) mass is 274 g/mol. The molecule has 0 saturated carbocycles. The van der Waals surface area contributed by atoms with Crippen molar-refractivity contribution in [2.24, 2.45) is 7.05 Å². The second-order valence-electron chi connectivity index (χ2n) is 4.65. The Hall–Kier alpha value is -0.190. The van der Waals surface area contributed by atoms with Crippen molar-refractivity contribution in [2.45, 2.75) is 44.0 Å². The van der Waals surface area contributed by atoms with Crippen LogP contribution in [0.3, 0.4) is 0 Å². The lowest BCUT2D eigenvalue weighted by atomic mass is 10.0. The first-order valence-electron chi connectivity index (χ1n) is 6.07. The zero-order valence-corrected chi connectivity index (χ0v) is 11.9. The normalized spacial score (nSPS) is 22.7. The van der Waals surface area contributed by atoms with E-state index in [-0.39, 0.29) is 6.10 Å². The highest BCUT2D eigenvalue weighted by Gasteiger charge is 2.25. The Bertz CT molecular complexity index is 388. The van der Waals surface area contributed by atoms with Gasteiger partial charge in [0.05, 0.1) is 22.5 Å². The zero-order valence-electron chi connectivity index (χ0n) is 10.3. The van der Waals surface area contributed by atoms with Gasteiger partial charge in [0.1, 0.15) is 0 Å². The lowest BCUT2D eigenvalue weighted by Gasteiger charge is -2.26. The van der Waals surface area contributed by atoms with E-state index in [0.717, 1.165) is 17.8 Å². The van der Waals surface area contributed by atoms with Crippen LogP contribution >= 0.6 is 23.4 Å². The third-order valence-electron chi connectivity index (χ3n) is 3.31. The summed E-state index contributed by atoms with van der Waals surface area (Å²) < 4.78 is 1.79. The van der Waals surface area contributed by atoms with Crippen molar-refractivity contribution in [1.82, 2.24) is 9.78 Å². The van der Waals surface area contributed by atoms with Gasteiger partial charge in [-0.25, -0.2) is 0 Å². The quantitative estimate of drug-likeness (QED) is 0.921. The molecule has 96 valence electrons. The van der Waals surface area contributed by atoms with Crippen LogP contribution in [0.2, 0.25) is 5.02 Å². The number of rotatable bonds is 3. The number of aliphatic hydroxyl groups is 1. The number of nitrogens with zero attached hydrogens (tertiary/aromatic N) is 2. The molecule has 0 aromatic carbocycles. The summed E-state index contributed by atoms with van der Waals surface area (Å²) in [4.78, 5) is 0. The first-order valence-corrected chi connectivity index (χ1v) is 7.50. The van der Waals surface area contributed by atoms with Crippen LogP contribution in [0.1, 0.15) is 30.7 Å². The van der Waals surface area contributed by atoms with Crippen LogP contribution < -0.4 is 0 Å². The minimum Gasteiger partial charge on any atom is -0.392 e. The lowest BCUT2D eigenvalue weighted by Crippen LogP contribution is -2.28. The molecule has 1 saturated heterocycles. The van der Waals surface area contributed by atoms with Crippen molar-refractivity contribution in [2.75, 3.05) is 5.75 Å². The topological polar surface area (TPSA) is 38.0 Å². The summed E-state index contributed by atoms with van der Waals surface area (Å²) in [6.45, 7) is 1.90. The van der Waals surface area contributed by atoms with Gasteiger partial charge in [-0.3, -0.25) is 4.68 Å². The summed E-state index contributed by atoms with van der Waals surface area (Å²) in [7, 11) is 1.88. The summed E-state index contributed by atoms with van der Waals surface area (Å²) in [5, 5.41) is 15.6. The van der Waals surface area contributed by atoms with Gasteiger partial charge < -0.3 is 5.11 Å². The predicted molar refractivity (Wildman–Crippen MR) is 72.8 cm³/mol. The van der Waals surface area contributed by atoms with Crippen molar-refractivity contribution in [3.63, 3.8) is 0 Å². The van der Waals surface area contributed by atoms with Crippen LogP contribution in [0.4, 0.5) is 0 Å². The number of hydrogen-bond donors (Lipinski definition) is 1. The molecule has 1 aliphatic rings. The van der Waals surface area contributed by atoms with E-state index in [1.54, 1.807) is 4.68 Å². The Balaban J connectivity index is 2.04. The number of aryl methyl sites for hydroxylation is 2. The molecule has 0 amide bonds. The standard InChI is InChI=1S/C12H19ClN2OS/c1-8-12(13)9(15(2)14-8)7-10(16)11-5-3-4-6-17-11/h10-11,16H,3-7H2,1-2H3. The van der Waals surface area contributed by atoms with Crippen LogP contribution in [0.5, 0.6) is 0 Å². The molecule has 2 atom stereocenters. The Morgan fingerprint density at radius 2 is 2.35 bits per heavy atom.